The summed E-state index contributed by atoms with van der Waals surface area (Å²) in [5, 5.41) is 1.19. The first-order valence-corrected chi connectivity index (χ1v) is 8.14. The van der Waals surface area contributed by atoms with Crippen molar-refractivity contribution in [3.05, 3.63) is 27.8 Å². The SMILES string of the molecule is CN(C)c1nccc(N(C)Cc2nc3c(s2)CCCC3)n1. The van der Waals surface area contributed by atoms with Crippen molar-refractivity contribution in [2.45, 2.75) is 32.2 Å². The van der Waals surface area contributed by atoms with Crippen LogP contribution in [-0.4, -0.2) is 36.1 Å². The summed E-state index contributed by atoms with van der Waals surface area (Å²) in [4.78, 5) is 19.2. The summed E-state index contributed by atoms with van der Waals surface area (Å²) in [7, 11) is 5.96. The Hall–Kier alpha value is -1.69. The van der Waals surface area contributed by atoms with Crippen molar-refractivity contribution in [2.24, 2.45) is 0 Å². The van der Waals surface area contributed by atoms with E-state index in [1.807, 2.05) is 36.4 Å². The number of aryl methyl sites for hydroxylation is 2. The van der Waals surface area contributed by atoms with Crippen LogP contribution in [-0.2, 0) is 19.4 Å². The largest absolute Gasteiger partial charge is 0.353 e. The highest BCUT2D eigenvalue weighted by Gasteiger charge is 2.16. The van der Waals surface area contributed by atoms with E-state index in [0.29, 0.717) is 0 Å². The maximum absolute atomic E-state index is 4.80. The molecule has 0 spiro atoms. The van der Waals surface area contributed by atoms with Crippen LogP contribution in [0.2, 0.25) is 0 Å². The zero-order valence-corrected chi connectivity index (χ0v) is 13.7. The molecule has 2 aromatic rings. The van der Waals surface area contributed by atoms with Gasteiger partial charge in [-0.2, -0.15) is 4.98 Å². The molecule has 112 valence electrons. The zero-order valence-electron chi connectivity index (χ0n) is 12.8. The molecular weight excluding hydrogens is 282 g/mol. The van der Waals surface area contributed by atoms with Crippen molar-refractivity contribution in [1.29, 1.82) is 0 Å². The van der Waals surface area contributed by atoms with Crippen molar-refractivity contribution in [3.8, 4) is 0 Å². The third-order valence-electron chi connectivity index (χ3n) is 3.68. The lowest BCUT2D eigenvalue weighted by molar-refractivity contribution is 0.680. The number of fused-ring (bicyclic) bond motifs is 1. The summed E-state index contributed by atoms with van der Waals surface area (Å²) in [6.07, 6.45) is 6.75. The third kappa shape index (κ3) is 3.15. The molecule has 0 atom stereocenters. The Morgan fingerprint density at radius 2 is 1.95 bits per heavy atom. The quantitative estimate of drug-likeness (QED) is 0.868. The van der Waals surface area contributed by atoms with Crippen LogP contribution in [0.25, 0.3) is 0 Å². The molecule has 0 radical (unpaired) electrons. The number of thiazole rings is 1. The van der Waals surface area contributed by atoms with Gasteiger partial charge in [-0.15, -0.1) is 11.3 Å². The summed E-state index contributed by atoms with van der Waals surface area (Å²) in [5.74, 6) is 1.67. The molecule has 5 nitrogen and oxygen atoms in total. The van der Waals surface area contributed by atoms with E-state index in [0.717, 1.165) is 24.7 Å². The van der Waals surface area contributed by atoms with Gasteiger partial charge in [0.2, 0.25) is 5.95 Å². The van der Waals surface area contributed by atoms with E-state index in [1.54, 1.807) is 6.20 Å². The standard InChI is InChI=1S/C15H21N5S/c1-19(2)15-16-9-8-13(18-15)20(3)10-14-17-11-6-4-5-7-12(11)21-14/h8-9H,4-7,10H2,1-3H3. The summed E-state index contributed by atoms with van der Waals surface area (Å²) in [5.41, 5.74) is 1.33. The Morgan fingerprint density at radius 1 is 1.14 bits per heavy atom. The lowest BCUT2D eigenvalue weighted by atomic mass is 10.0. The van der Waals surface area contributed by atoms with Gasteiger partial charge in [0, 0.05) is 32.2 Å². The first-order valence-electron chi connectivity index (χ1n) is 7.32. The number of nitrogens with zero attached hydrogens (tertiary/aromatic N) is 5. The van der Waals surface area contributed by atoms with Gasteiger partial charge in [-0.1, -0.05) is 0 Å². The molecule has 1 aliphatic rings. The lowest BCUT2D eigenvalue weighted by Crippen LogP contribution is -2.20. The van der Waals surface area contributed by atoms with E-state index in [9.17, 15) is 0 Å². The molecule has 0 unspecified atom stereocenters. The van der Waals surface area contributed by atoms with Crippen molar-refractivity contribution in [3.63, 3.8) is 0 Å². The van der Waals surface area contributed by atoms with E-state index >= 15 is 0 Å². The van der Waals surface area contributed by atoms with Gasteiger partial charge in [0.1, 0.15) is 10.8 Å². The number of aromatic nitrogens is 3. The van der Waals surface area contributed by atoms with Crippen molar-refractivity contribution < 1.29 is 0 Å². The molecule has 2 heterocycles. The Morgan fingerprint density at radius 3 is 2.71 bits per heavy atom. The first-order chi connectivity index (χ1) is 10.1. The van der Waals surface area contributed by atoms with Crippen molar-refractivity contribution in [1.82, 2.24) is 15.0 Å². The molecule has 0 bridgehead atoms. The van der Waals surface area contributed by atoms with Crippen LogP contribution >= 0.6 is 11.3 Å². The van der Waals surface area contributed by atoms with Crippen LogP contribution in [0.3, 0.4) is 0 Å². The van der Waals surface area contributed by atoms with Gasteiger partial charge in [-0.3, -0.25) is 0 Å². The fraction of sp³-hybridized carbons (Fsp3) is 0.533. The summed E-state index contributed by atoms with van der Waals surface area (Å²) < 4.78 is 0. The van der Waals surface area contributed by atoms with Crippen LogP contribution in [0.15, 0.2) is 12.3 Å². The second kappa shape index (κ2) is 5.97. The molecular formula is C15H21N5S. The fourth-order valence-electron chi connectivity index (χ4n) is 2.52. The fourth-order valence-corrected chi connectivity index (χ4v) is 3.73. The van der Waals surface area contributed by atoms with Crippen LogP contribution < -0.4 is 9.80 Å². The Kier molecular flexibility index (Phi) is 4.05. The van der Waals surface area contributed by atoms with E-state index in [4.69, 9.17) is 4.98 Å². The van der Waals surface area contributed by atoms with Gasteiger partial charge in [0.15, 0.2) is 0 Å². The van der Waals surface area contributed by atoms with Gasteiger partial charge in [-0.05, 0) is 31.7 Å². The molecule has 0 fully saturated rings. The van der Waals surface area contributed by atoms with Crippen molar-refractivity contribution >= 4 is 23.1 Å². The summed E-state index contributed by atoms with van der Waals surface area (Å²) in [6, 6.07) is 1.94. The molecule has 0 saturated carbocycles. The average Bonchev–Trinajstić information content (AvgIpc) is 2.89. The zero-order chi connectivity index (χ0) is 14.8. The van der Waals surface area contributed by atoms with E-state index in [1.165, 1.54) is 34.8 Å². The summed E-state index contributed by atoms with van der Waals surface area (Å²) >= 11 is 1.86. The van der Waals surface area contributed by atoms with Crippen LogP contribution in [0, 0.1) is 0 Å². The molecule has 0 aromatic carbocycles. The maximum Gasteiger partial charge on any atom is 0.226 e. The number of hydrogen-bond donors (Lipinski definition) is 0. The minimum Gasteiger partial charge on any atom is -0.353 e. The normalized spacial score (nSPS) is 13.9. The second-order valence-electron chi connectivity index (χ2n) is 5.65. The predicted molar refractivity (Wildman–Crippen MR) is 87.2 cm³/mol. The van der Waals surface area contributed by atoms with E-state index < -0.39 is 0 Å². The van der Waals surface area contributed by atoms with Crippen LogP contribution in [0.1, 0.15) is 28.4 Å². The van der Waals surface area contributed by atoms with Gasteiger partial charge < -0.3 is 9.80 Å². The highest BCUT2D eigenvalue weighted by Crippen LogP contribution is 2.27. The molecule has 6 heteroatoms. The summed E-state index contributed by atoms with van der Waals surface area (Å²) in [6.45, 7) is 0.807. The molecule has 0 aliphatic heterocycles. The molecule has 0 saturated heterocycles. The van der Waals surface area contributed by atoms with Crippen LogP contribution in [0.5, 0.6) is 0 Å². The van der Waals surface area contributed by atoms with E-state index in [2.05, 4.69) is 21.9 Å². The molecule has 3 rings (SSSR count). The average molecular weight is 303 g/mol. The lowest BCUT2D eigenvalue weighted by Gasteiger charge is -2.18. The Bertz CT molecular complexity index is 599. The molecule has 1 aliphatic carbocycles. The minimum absolute atomic E-state index is 0.734. The highest BCUT2D eigenvalue weighted by molar-refractivity contribution is 7.11. The third-order valence-corrected chi connectivity index (χ3v) is 4.82. The van der Waals surface area contributed by atoms with Gasteiger partial charge in [-0.25, -0.2) is 9.97 Å². The molecule has 0 amide bonds. The molecule has 0 N–H and O–H groups in total. The smallest absolute Gasteiger partial charge is 0.226 e. The van der Waals surface area contributed by atoms with Gasteiger partial charge in [0.05, 0.1) is 12.2 Å². The van der Waals surface area contributed by atoms with Gasteiger partial charge in [0.25, 0.3) is 0 Å². The number of hydrogen-bond acceptors (Lipinski definition) is 6. The minimum atomic E-state index is 0.734. The second-order valence-corrected chi connectivity index (χ2v) is 6.82. The number of anilines is 2. The van der Waals surface area contributed by atoms with Crippen molar-refractivity contribution in [2.75, 3.05) is 30.9 Å². The maximum atomic E-state index is 4.80. The molecule has 2 aromatic heterocycles. The Labute approximate surface area is 129 Å². The monoisotopic (exact) mass is 303 g/mol. The van der Waals surface area contributed by atoms with Gasteiger partial charge >= 0.3 is 0 Å². The first kappa shape index (κ1) is 14.3. The topological polar surface area (TPSA) is 45.2 Å². The predicted octanol–water partition coefficient (Wildman–Crippen LogP) is 2.51. The molecule has 21 heavy (non-hydrogen) atoms. The highest BCUT2D eigenvalue weighted by atomic mass is 32.1. The van der Waals surface area contributed by atoms with Crippen LogP contribution in [0.4, 0.5) is 11.8 Å². The van der Waals surface area contributed by atoms with E-state index in [-0.39, 0.29) is 0 Å². The Balaban J connectivity index is 1.75. The number of rotatable bonds is 4.